The van der Waals surface area contributed by atoms with Crippen molar-refractivity contribution in [2.45, 2.75) is 0 Å². The Kier molecular flexibility index (Phi) is 6.11. The molecule has 0 spiro atoms. The summed E-state index contributed by atoms with van der Waals surface area (Å²) in [5.74, 6) is 0.631. The van der Waals surface area contributed by atoms with Crippen molar-refractivity contribution >= 4 is 29.0 Å². The molecule has 0 radical (unpaired) electrons. The van der Waals surface area contributed by atoms with E-state index in [1.54, 1.807) is 66.7 Å². The van der Waals surface area contributed by atoms with Crippen LogP contribution in [0, 0.1) is 0 Å². The molecule has 0 atom stereocenters. The van der Waals surface area contributed by atoms with Gasteiger partial charge in [0.05, 0.1) is 5.69 Å². The lowest BCUT2D eigenvalue weighted by molar-refractivity contribution is 0.102. The lowest BCUT2D eigenvalue weighted by Gasteiger charge is -2.12. The van der Waals surface area contributed by atoms with E-state index in [0.29, 0.717) is 38.9 Å². The maximum atomic E-state index is 13.0. The van der Waals surface area contributed by atoms with Crippen LogP contribution < -0.4 is 10.1 Å². The molecule has 0 saturated heterocycles. The first kappa shape index (κ1) is 20.4. The second-order valence-electron chi connectivity index (χ2n) is 6.78. The van der Waals surface area contributed by atoms with Crippen LogP contribution in [0.4, 0.5) is 5.69 Å². The van der Waals surface area contributed by atoms with E-state index in [9.17, 15) is 9.59 Å². The second-order valence-corrected chi connectivity index (χ2v) is 7.22. The third-order valence-corrected chi connectivity index (χ3v) is 4.82. The van der Waals surface area contributed by atoms with Gasteiger partial charge in [-0.2, -0.15) is 0 Å². The highest BCUT2D eigenvalue weighted by molar-refractivity contribution is 6.31. The van der Waals surface area contributed by atoms with Gasteiger partial charge in [0.2, 0.25) is 0 Å². The SMILES string of the molecule is O=C(Nc1ccc(Cl)cc1C(=O)c1ccccc1)c1cccc(Oc2ccccc2)c1. The molecule has 4 aromatic rings. The van der Waals surface area contributed by atoms with Crippen molar-refractivity contribution in [3.8, 4) is 11.5 Å². The Bertz CT molecular complexity index is 1220. The van der Waals surface area contributed by atoms with Crippen LogP contribution in [0.15, 0.2) is 103 Å². The predicted molar refractivity (Wildman–Crippen MR) is 122 cm³/mol. The van der Waals surface area contributed by atoms with E-state index in [0.717, 1.165) is 0 Å². The standard InChI is InChI=1S/C26H18ClNO3/c27-20-14-15-24(23(17-20)25(29)18-8-3-1-4-9-18)28-26(30)19-10-7-13-22(16-19)31-21-11-5-2-6-12-21/h1-17H,(H,28,30). The summed E-state index contributed by atoms with van der Waals surface area (Å²) in [5.41, 5.74) is 1.63. The predicted octanol–water partition coefficient (Wildman–Crippen LogP) is 6.62. The van der Waals surface area contributed by atoms with Crippen LogP contribution in [-0.2, 0) is 0 Å². The molecule has 1 N–H and O–H groups in total. The van der Waals surface area contributed by atoms with Gasteiger partial charge in [-0.3, -0.25) is 9.59 Å². The summed E-state index contributed by atoms with van der Waals surface area (Å²) in [6.45, 7) is 0. The van der Waals surface area contributed by atoms with Crippen molar-refractivity contribution in [3.05, 3.63) is 125 Å². The zero-order valence-corrected chi connectivity index (χ0v) is 17.2. The summed E-state index contributed by atoms with van der Waals surface area (Å²) in [4.78, 5) is 25.9. The molecule has 0 bridgehead atoms. The highest BCUT2D eigenvalue weighted by Crippen LogP contribution is 2.26. The summed E-state index contributed by atoms with van der Waals surface area (Å²) in [6.07, 6.45) is 0. The molecule has 0 saturated carbocycles. The summed E-state index contributed by atoms with van der Waals surface area (Å²) in [7, 11) is 0. The van der Waals surface area contributed by atoms with Gasteiger partial charge in [-0.1, -0.05) is 66.2 Å². The summed E-state index contributed by atoms with van der Waals surface area (Å²) >= 11 is 6.12. The summed E-state index contributed by atoms with van der Waals surface area (Å²) < 4.78 is 5.80. The van der Waals surface area contributed by atoms with Gasteiger partial charge in [0.25, 0.3) is 5.91 Å². The van der Waals surface area contributed by atoms with E-state index in [1.807, 2.05) is 36.4 Å². The zero-order chi connectivity index (χ0) is 21.6. The molecule has 0 aliphatic carbocycles. The average molecular weight is 428 g/mol. The number of halogens is 1. The quantitative estimate of drug-likeness (QED) is 0.352. The van der Waals surface area contributed by atoms with Crippen LogP contribution in [0.3, 0.4) is 0 Å². The van der Waals surface area contributed by atoms with E-state index in [2.05, 4.69) is 5.32 Å². The fourth-order valence-corrected chi connectivity index (χ4v) is 3.25. The number of ketones is 1. The van der Waals surface area contributed by atoms with Gasteiger partial charge >= 0.3 is 0 Å². The van der Waals surface area contributed by atoms with Crippen molar-refractivity contribution in [1.82, 2.24) is 0 Å². The van der Waals surface area contributed by atoms with E-state index >= 15 is 0 Å². The Morgan fingerprint density at radius 1 is 0.677 bits per heavy atom. The highest BCUT2D eigenvalue weighted by atomic mass is 35.5. The van der Waals surface area contributed by atoms with Gasteiger partial charge in [-0.05, 0) is 48.5 Å². The molecule has 4 nitrogen and oxygen atoms in total. The van der Waals surface area contributed by atoms with E-state index < -0.39 is 0 Å². The minimum atomic E-state index is -0.358. The van der Waals surface area contributed by atoms with Gasteiger partial charge in [-0.15, -0.1) is 0 Å². The first-order valence-electron chi connectivity index (χ1n) is 9.64. The Labute approximate surface area is 185 Å². The second kappa shape index (κ2) is 9.28. The first-order chi connectivity index (χ1) is 15.1. The Morgan fingerprint density at radius 2 is 1.32 bits per heavy atom. The molecule has 0 fully saturated rings. The topological polar surface area (TPSA) is 55.4 Å². The van der Waals surface area contributed by atoms with Crippen LogP contribution in [0.1, 0.15) is 26.3 Å². The van der Waals surface area contributed by atoms with E-state index in [1.165, 1.54) is 0 Å². The number of carbonyl (C=O) groups excluding carboxylic acids is 2. The minimum absolute atomic E-state index is 0.223. The molecule has 1 amide bonds. The first-order valence-corrected chi connectivity index (χ1v) is 10.0. The molecule has 0 aliphatic rings. The van der Waals surface area contributed by atoms with Crippen molar-refractivity contribution in [2.75, 3.05) is 5.32 Å². The highest BCUT2D eigenvalue weighted by Gasteiger charge is 2.17. The van der Waals surface area contributed by atoms with Crippen LogP contribution >= 0.6 is 11.6 Å². The van der Waals surface area contributed by atoms with Crippen molar-refractivity contribution in [1.29, 1.82) is 0 Å². The fraction of sp³-hybridized carbons (Fsp3) is 0. The number of anilines is 1. The van der Waals surface area contributed by atoms with Crippen LogP contribution in [0.2, 0.25) is 5.02 Å². The number of hydrogen-bond donors (Lipinski definition) is 1. The van der Waals surface area contributed by atoms with Gasteiger partial charge in [0.15, 0.2) is 5.78 Å². The third-order valence-electron chi connectivity index (χ3n) is 4.59. The monoisotopic (exact) mass is 427 g/mol. The molecule has 0 aliphatic heterocycles. The van der Waals surface area contributed by atoms with Gasteiger partial charge in [0.1, 0.15) is 11.5 Å². The van der Waals surface area contributed by atoms with Crippen molar-refractivity contribution in [3.63, 3.8) is 0 Å². The number of para-hydroxylation sites is 1. The van der Waals surface area contributed by atoms with Crippen LogP contribution in [0.25, 0.3) is 0 Å². The number of ether oxygens (including phenoxy) is 1. The van der Waals surface area contributed by atoms with Crippen LogP contribution in [0.5, 0.6) is 11.5 Å². The van der Waals surface area contributed by atoms with Crippen LogP contribution in [-0.4, -0.2) is 11.7 Å². The normalized spacial score (nSPS) is 10.4. The molecule has 152 valence electrons. The molecule has 4 rings (SSSR count). The fourth-order valence-electron chi connectivity index (χ4n) is 3.08. The Morgan fingerprint density at radius 3 is 2.06 bits per heavy atom. The van der Waals surface area contributed by atoms with Crippen molar-refractivity contribution in [2.24, 2.45) is 0 Å². The molecule has 5 heteroatoms. The number of benzene rings is 4. The Hall–Kier alpha value is -3.89. The maximum absolute atomic E-state index is 13.0. The zero-order valence-electron chi connectivity index (χ0n) is 16.4. The molecule has 0 heterocycles. The third kappa shape index (κ3) is 5.00. The molecule has 0 unspecified atom stereocenters. The number of amides is 1. The number of rotatable bonds is 6. The van der Waals surface area contributed by atoms with Gasteiger partial charge in [-0.25, -0.2) is 0 Å². The minimum Gasteiger partial charge on any atom is -0.457 e. The largest absolute Gasteiger partial charge is 0.457 e. The van der Waals surface area contributed by atoms with Gasteiger partial charge < -0.3 is 10.1 Å². The Balaban J connectivity index is 1.58. The molecule has 0 aromatic heterocycles. The summed E-state index contributed by atoms with van der Waals surface area (Å²) in [5, 5.41) is 3.23. The lowest BCUT2D eigenvalue weighted by atomic mass is 10.0. The molecular weight excluding hydrogens is 410 g/mol. The lowest BCUT2D eigenvalue weighted by Crippen LogP contribution is -2.15. The molecule has 4 aromatic carbocycles. The van der Waals surface area contributed by atoms with E-state index in [-0.39, 0.29) is 11.7 Å². The average Bonchev–Trinajstić information content (AvgIpc) is 2.81. The summed E-state index contributed by atoms with van der Waals surface area (Å²) in [6, 6.07) is 29.8. The molecular formula is C26H18ClNO3. The maximum Gasteiger partial charge on any atom is 0.255 e. The number of hydrogen-bond acceptors (Lipinski definition) is 3. The molecule has 31 heavy (non-hydrogen) atoms. The van der Waals surface area contributed by atoms with Gasteiger partial charge in [0, 0.05) is 21.7 Å². The smallest absolute Gasteiger partial charge is 0.255 e. The van der Waals surface area contributed by atoms with E-state index in [4.69, 9.17) is 16.3 Å². The number of nitrogens with one attached hydrogen (secondary N) is 1. The number of carbonyl (C=O) groups is 2. The van der Waals surface area contributed by atoms with Crippen molar-refractivity contribution < 1.29 is 14.3 Å².